The van der Waals surface area contributed by atoms with Gasteiger partial charge in [-0.15, -0.1) is 0 Å². The van der Waals surface area contributed by atoms with Crippen molar-refractivity contribution in [3.8, 4) is 23.0 Å². The van der Waals surface area contributed by atoms with E-state index in [0.717, 1.165) is 0 Å². The molecule has 4 rings (SSSR count). The molecule has 4 aromatic rings. The van der Waals surface area contributed by atoms with Gasteiger partial charge in [-0.1, -0.05) is 0 Å². The molecule has 0 saturated carbocycles. The molecule has 2 aromatic heterocycles. The van der Waals surface area contributed by atoms with Crippen molar-refractivity contribution in [1.29, 1.82) is 0 Å². The Balaban J connectivity index is 1.95. The third-order valence-corrected chi connectivity index (χ3v) is 5.17. The Morgan fingerprint density at radius 1 is 0.690 bits per heavy atom. The summed E-state index contributed by atoms with van der Waals surface area (Å²) in [5, 5.41) is 40.0. The summed E-state index contributed by atoms with van der Waals surface area (Å²) in [5.74, 6) is -1.90. The lowest BCUT2D eigenvalue weighted by molar-refractivity contribution is 0.396. The van der Waals surface area contributed by atoms with E-state index in [4.69, 9.17) is 8.83 Å². The summed E-state index contributed by atoms with van der Waals surface area (Å²) in [4.78, 5) is 25.1. The number of aromatic hydroxyl groups is 4. The first-order chi connectivity index (χ1) is 13.7. The van der Waals surface area contributed by atoms with Crippen molar-refractivity contribution in [3.63, 3.8) is 0 Å². The fourth-order valence-electron chi connectivity index (χ4n) is 3.44. The minimum Gasteiger partial charge on any atom is -0.504 e. The normalized spacial score (nSPS) is 11.4. The molecule has 0 unspecified atom stereocenters. The maximum absolute atomic E-state index is 12.5. The number of hydrogen-bond acceptors (Lipinski definition) is 8. The molecule has 29 heavy (non-hydrogen) atoms. The average Bonchev–Trinajstić information content (AvgIpc) is 2.67. The molecule has 0 fully saturated rings. The number of phenolic OH excluding ortho intramolecular Hbond substituents is 4. The lowest BCUT2D eigenvalue weighted by Crippen LogP contribution is -2.17. The fourth-order valence-corrected chi connectivity index (χ4v) is 3.44. The smallest absolute Gasteiger partial charge is 0.340 e. The van der Waals surface area contributed by atoms with Crippen LogP contribution in [0, 0.1) is 13.8 Å². The van der Waals surface area contributed by atoms with Gasteiger partial charge in [-0.2, -0.15) is 0 Å². The first kappa shape index (κ1) is 18.4. The topological polar surface area (TPSA) is 141 Å². The highest BCUT2D eigenvalue weighted by atomic mass is 16.4. The van der Waals surface area contributed by atoms with Crippen LogP contribution in [0.1, 0.15) is 22.3 Å². The largest absolute Gasteiger partial charge is 0.504 e. The third kappa shape index (κ3) is 2.68. The average molecular weight is 396 g/mol. The van der Waals surface area contributed by atoms with Crippen molar-refractivity contribution < 1.29 is 29.3 Å². The maximum Gasteiger partial charge on any atom is 0.340 e. The molecule has 2 aromatic carbocycles. The van der Waals surface area contributed by atoms with Crippen molar-refractivity contribution in [2.45, 2.75) is 20.3 Å². The number of hydrogen-bond donors (Lipinski definition) is 4. The van der Waals surface area contributed by atoms with Crippen LogP contribution in [0.2, 0.25) is 0 Å². The van der Waals surface area contributed by atoms with Gasteiger partial charge >= 0.3 is 11.3 Å². The van der Waals surface area contributed by atoms with Crippen molar-refractivity contribution in [3.05, 3.63) is 67.4 Å². The van der Waals surface area contributed by atoms with Gasteiger partial charge in [-0.25, -0.2) is 9.59 Å². The summed E-state index contributed by atoms with van der Waals surface area (Å²) >= 11 is 0. The third-order valence-electron chi connectivity index (χ3n) is 5.17. The summed E-state index contributed by atoms with van der Waals surface area (Å²) in [6, 6.07) is 5.56. The van der Waals surface area contributed by atoms with E-state index >= 15 is 0 Å². The van der Waals surface area contributed by atoms with E-state index in [0.29, 0.717) is 21.9 Å². The van der Waals surface area contributed by atoms with Gasteiger partial charge in [0.25, 0.3) is 0 Å². The van der Waals surface area contributed by atoms with E-state index in [9.17, 15) is 30.0 Å². The fraction of sp³-hybridized carbons (Fsp3) is 0.143. The van der Waals surface area contributed by atoms with Crippen LogP contribution in [-0.4, -0.2) is 20.4 Å². The molecule has 0 spiro atoms. The van der Waals surface area contributed by atoms with Crippen molar-refractivity contribution in [1.82, 2.24) is 0 Å². The van der Waals surface area contributed by atoms with E-state index in [1.165, 1.54) is 24.3 Å². The number of rotatable bonds is 2. The standard InChI is InChI=1S/C21H16O8/c1-8-10-3-5-14(22)16(24)18(10)28-20(26)12(8)7-13-9(2)11-4-6-15(23)17(25)19(11)29-21(13)27/h3-6,22-25H,7H2,1-2H3. The lowest BCUT2D eigenvalue weighted by atomic mass is 9.96. The van der Waals surface area contributed by atoms with Gasteiger partial charge in [0.05, 0.1) is 0 Å². The Labute approximate surface area is 162 Å². The number of fused-ring (bicyclic) bond motifs is 2. The highest BCUT2D eigenvalue weighted by molar-refractivity contribution is 5.89. The molecule has 2 heterocycles. The van der Waals surface area contributed by atoms with E-state index in [2.05, 4.69) is 0 Å². The summed E-state index contributed by atoms with van der Waals surface area (Å²) in [5.41, 5.74) is -0.441. The maximum atomic E-state index is 12.5. The highest BCUT2D eigenvalue weighted by Crippen LogP contribution is 2.36. The number of aryl methyl sites for hydroxylation is 2. The molecule has 0 aliphatic heterocycles. The lowest BCUT2D eigenvalue weighted by Gasteiger charge is -2.12. The Hall–Kier alpha value is -3.94. The quantitative estimate of drug-likeness (QED) is 0.299. The van der Waals surface area contributed by atoms with Crippen molar-refractivity contribution in [2.24, 2.45) is 0 Å². The number of phenols is 4. The van der Waals surface area contributed by atoms with Crippen LogP contribution < -0.4 is 11.3 Å². The van der Waals surface area contributed by atoms with Gasteiger partial charge in [0, 0.05) is 28.3 Å². The van der Waals surface area contributed by atoms with Gasteiger partial charge < -0.3 is 29.3 Å². The molecule has 0 amide bonds. The first-order valence-corrected chi connectivity index (χ1v) is 8.65. The van der Waals surface area contributed by atoms with Crippen LogP contribution in [-0.2, 0) is 6.42 Å². The Morgan fingerprint density at radius 2 is 1.07 bits per heavy atom. The minimum atomic E-state index is -0.761. The molecule has 0 saturated heterocycles. The van der Waals surface area contributed by atoms with Gasteiger partial charge in [0.1, 0.15) is 0 Å². The van der Waals surface area contributed by atoms with Crippen LogP contribution in [0.25, 0.3) is 21.9 Å². The molecule has 4 N–H and O–H groups in total. The second kappa shape index (κ2) is 6.30. The monoisotopic (exact) mass is 396 g/mol. The predicted molar refractivity (Wildman–Crippen MR) is 104 cm³/mol. The zero-order valence-corrected chi connectivity index (χ0v) is 15.4. The second-order valence-electron chi connectivity index (χ2n) is 6.78. The van der Waals surface area contributed by atoms with Crippen LogP contribution in [0.15, 0.2) is 42.7 Å². The van der Waals surface area contributed by atoms with Crippen LogP contribution in [0.3, 0.4) is 0 Å². The van der Waals surface area contributed by atoms with Crippen molar-refractivity contribution in [2.75, 3.05) is 0 Å². The summed E-state index contributed by atoms with van der Waals surface area (Å²) in [6.45, 7) is 3.29. The second-order valence-corrected chi connectivity index (χ2v) is 6.78. The van der Waals surface area contributed by atoms with Crippen LogP contribution in [0.5, 0.6) is 23.0 Å². The summed E-state index contributed by atoms with van der Waals surface area (Å²) in [7, 11) is 0. The Bertz CT molecular complexity index is 1320. The summed E-state index contributed by atoms with van der Waals surface area (Å²) in [6.07, 6.45) is -0.0997. The number of benzene rings is 2. The zero-order chi connectivity index (χ0) is 21.0. The van der Waals surface area contributed by atoms with E-state index < -0.39 is 34.2 Å². The van der Waals surface area contributed by atoms with Gasteiger partial charge in [0.2, 0.25) is 11.5 Å². The molecule has 8 heteroatoms. The molecule has 0 bridgehead atoms. The summed E-state index contributed by atoms with van der Waals surface area (Å²) < 4.78 is 10.4. The molecule has 148 valence electrons. The van der Waals surface area contributed by atoms with Crippen LogP contribution in [0.4, 0.5) is 0 Å². The van der Waals surface area contributed by atoms with Gasteiger partial charge in [-0.3, -0.25) is 0 Å². The first-order valence-electron chi connectivity index (χ1n) is 8.65. The van der Waals surface area contributed by atoms with Gasteiger partial charge in [0.15, 0.2) is 22.7 Å². The van der Waals surface area contributed by atoms with Crippen molar-refractivity contribution >= 4 is 21.9 Å². The van der Waals surface area contributed by atoms with E-state index in [-0.39, 0.29) is 28.7 Å². The molecular weight excluding hydrogens is 380 g/mol. The van der Waals surface area contributed by atoms with Gasteiger partial charge in [-0.05, 0) is 49.2 Å². The predicted octanol–water partition coefficient (Wildman–Crippen LogP) is 2.93. The molecule has 0 radical (unpaired) electrons. The minimum absolute atomic E-state index is 0.0997. The SMILES string of the molecule is Cc1c(Cc2c(C)c3ccc(O)c(O)c3oc2=O)c(=O)oc2c(O)c(O)ccc12. The zero-order valence-electron chi connectivity index (χ0n) is 15.4. The Kier molecular flexibility index (Phi) is 4.00. The van der Waals surface area contributed by atoms with Crippen LogP contribution >= 0.6 is 0 Å². The van der Waals surface area contributed by atoms with E-state index in [1.54, 1.807) is 13.8 Å². The highest BCUT2D eigenvalue weighted by Gasteiger charge is 2.21. The molecular formula is C21H16O8. The molecule has 8 nitrogen and oxygen atoms in total. The molecule has 0 aliphatic rings. The van der Waals surface area contributed by atoms with E-state index in [1.807, 2.05) is 0 Å². The molecule has 0 atom stereocenters. The molecule has 0 aliphatic carbocycles. The Morgan fingerprint density at radius 3 is 1.45 bits per heavy atom.